The number of hydrogen-bond acceptors (Lipinski definition) is 6. The molecule has 1 unspecified atom stereocenters. The number of benzene rings is 2. The molecule has 1 saturated heterocycles. The number of nitrogens with zero attached hydrogens (tertiary/aromatic N) is 4. The molecule has 2 amide bonds. The summed E-state index contributed by atoms with van der Waals surface area (Å²) in [4.78, 5) is 34.3. The van der Waals surface area contributed by atoms with Crippen LogP contribution in [0.1, 0.15) is 22.8 Å². The minimum absolute atomic E-state index is 0.107. The summed E-state index contributed by atoms with van der Waals surface area (Å²) in [5.74, 6) is 1.36. The van der Waals surface area contributed by atoms with Gasteiger partial charge in [-0.2, -0.15) is 4.98 Å². The van der Waals surface area contributed by atoms with Crippen molar-refractivity contribution < 1.29 is 18.8 Å². The molecule has 32 heavy (non-hydrogen) atoms. The normalized spacial score (nSPS) is 16.3. The van der Waals surface area contributed by atoms with E-state index in [1.807, 2.05) is 54.6 Å². The molecule has 8 heteroatoms. The fourth-order valence-corrected chi connectivity index (χ4v) is 3.90. The standard InChI is InChI=1S/C24H26N4O4/c1-17-25-22(32-26-17)15-21-24(30)27(16-19-6-4-3-5-7-19)12-13-28(21)23(29)14-18-8-10-20(31-2)11-9-18/h3-11,21H,12-16H2,1-2H3. The van der Waals surface area contributed by atoms with E-state index >= 15 is 0 Å². The van der Waals surface area contributed by atoms with E-state index in [1.165, 1.54) is 0 Å². The van der Waals surface area contributed by atoms with Gasteiger partial charge in [-0.15, -0.1) is 0 Å². The van der Waals surface area contributed by atoms with Crippen molar-refractivity contribution in [3.8, 4) is 5.75 Å². The van der Waals surface area contributed by atoms with Crippen LogP contribution >= 0.6 is 0 Å². The summed E-state index contributed by atoms with van der Waals surface area (Å²) in [6.07, 6.45) is 0.397. The lowest BCUT2D eigenvalue weighted by Crippen LogP contribution is -2.59. The molecule has 0 spiro atoms. The first kappa shape index (κ1) is 21.5. The molecule has 0 N–H and O–H groups in total. The van der Waals surface area contributed by atoms with E-state index in [4.69, 9.17) is 9.26 Å². The Morgan fingerprint density at radius 3 is 2.50 bits per heavy atom. The number of methoxy groups -OCH3 is 1. The van der Waals surface area contributed by atoms with E-state index in [-0.39, 0.29) is 24.7 Å². The number of hydrogen-bond donors (Lipinski definition) is 0. The Balaban J connectivity index is 1.52. The van der Waals surface area contributed by atoms with Gasteiger partial charge in [0.15, 0.2) is 5.82 Å². The van der Waals surface area contributed by atoms with Crippen LogP contribution in [0.25, 0.3) is 0 Å². The van der Waals surface area contributed by atoms with Crippen LogP contribution in [-0.2, 0) is 29.0 Å². The molecule has 0 saturated carbocycles. The zero-order valence-corrected chi connectivity index (χ0v) is 18.2. The van der Waals surface area contributed by atoms with Gasteiger partial charge in [-0.05, 0) is 30.2 Å². The molecule has 0 bridgehead atoms. The van der Waals surface area contributed by atoms with Gasteiger partial charge in [0.1, 0.15) is 11.8 Å². The number of aryl methyl sites for hydroxylation is 1. The molecule has 0 radical (unpaired) electrons. The van der Waals surface area contributed by atoms with Crippen molar-refractivity contribution in [2.24, 2.45) is 0 Å². The van der Waals surface area contributed by atoms with E-state index in [0.717, 1.165) is 16.9 Å². The molecule has 166 valence electrons. The summed E-state index contributed by atoms with van der Waals surface area (Å²) >= 11 is 0. The van der Waals surface area contributed by atoms with Gasteiger partial charge in [0.25, 0.3) is 0 Å². The van der Waals surface area contributed by atoms with E-state index in [9.17, 15) is 9.59 Å². The summed E-state index contributed by atoms with van der Waals surface area (Å²) in [6.45, 7) is 3.15. The molecule has 2 heterocycles. The maximum atomic E-state index is 13.4. The molecule has 1 aliphatic rings. The van der Waals surface area contributed by atoms with Crippen LogP contribution in [0.15, 0.2) is 59.1 Å². The quantitative estimate of drug-likeness (QED) is 0.567. The number of carbonyl (C=O) groups is 2. The maximum absolute atomic E-state index is 13.4. The Bertz CT molecular complexity index is 1070. The van der Waals surface area contributed by atoms with Gasteiger partial charge in [0.2, 0.25) is 17.7 Å². The molecule has 1 fully saturated rings. The summed E-state index contributed by atoms with van der Waals surface area (Å²) < 4.78 is 10.4. The van der Waals surface area contributed by atoms with Crippen molar-refractivity contribution in [2.75, 3.05) is 20.2 Å². The third-order valence-electron chi connectivity index (χ3n) is 5.57. The Kier molecular flexibility index (Phi) is 6.49. The smallest absolute Gasteiger partial charge is 0.246 e. The fraction of sp³-hybridized carbons (Fsp3) is 0.333. The highest BCUT2D eigenvalue weighted by Crippen LogP contribution is 2.20. The van der Waals surface area contributed by atoms with Gasteiger partial charge >= 0.3 is 0 Å². The van der Waals surface area contributed by atoms with Crippen molar-refractivity contribution >= 4 is 11.8 Å². The van der Waals surface area contributed by atoms with Crippen molar-refractivity contribution in [2.45, 2.75) is 32.4 Å². The van der Waals surface area contributed by atoms with Crippen LogP contribution in [-0.4, -0.2) is 58.0 Å². The van der Waals surface area contributed by atoms with Crippen molar-refractivity contribution in [3.05, 3.63) is 77.4 Å². The Morgan fingerprint density at radius 2 is 1.84 bits per heavy atom. The average molecular weight is 434 g/mol. The predicted octanol–water partition coefficient (Wildman–Crippen LogP) is 2.41. The lowest BCUT2D eigenvalue weighted by molar-refractivity contribution is -0.151. The maximum Gasteiger partial charge on any atom is 0.246 e. The molecule has 2 aromatic carbocycles. The number of rotatable bonds is 7. The predicted molar refractivity (Wildman–Crippen MR) is 117 cm³/mol. The van der Waals surface area contributed by atoms with Crippen LogP contribution in [0.5, 0.6) is 5.75 Å². The molecule has 1 atom stereocenters. The third kappa shape index (κ3) is 4.96. The second-order valence-electron chi connectivity index (χ2n) is 7.81. The first-order valence-corrected chi connectivity index (χ1v) is 10.6. The van der Waals surface area contributed by atoms with Crippen LogP contribution in [0.4, 0.5) is 0 Å². The number of amides is 2. The second kappa shape index (κ2) is 9.64. The number of piperazine rings is 1. The lowest BCUT2D eigenvalue weighted by Gasteiger charge is -2.40. The number of ether oxygens (including phenoxy) is 1. The molecule has 1 aliphatic heterocycles. The zero-order chi connectivity index (χ0) is 22.5. The average Bonchev–Trinajstić information content (AvgIpc) is 3.22. The monoisotopic (exact) mass is 434 g/mol. The van der Waals surface area contributed by atoms with E-state index in [0.29, 0.717) is 31.3 Å². The van der Waals surface area contributed by atoms with Crippen LogP contribution in [0, 0.1) is 6.92 Å². The Morgan fingerprint density at radius 1 is 1.09 bits per heavy atom. The minimum Gasteiger partial charge on any atom is -0.497 e. The zero-order valence-electron chi connectivity index (χ0n) is 18.2. The van der Waals surface area contributed by atoms with Gasteiger partial charge in [0, 0.05) is 19.6 Å². The molecule has 3 aromatic rings. The summed E-state index contributed by atoms with van der Waals surface area (Å²) in [7, 11) is 1.60. The lowest BCUT2D eigenvalue weighted by atomic mass is 10.0. The highest BCUT2D eigenvalue weighted by atomic mass is 16.5. The highest BCUT2D eigenvalue weighted by molar-refractivity contribution is 5.89. The van der Waals surface area contributed by atoms with Crippen molar-refractivity contribution in [1.82, 2.24) is 19.9 Å². The van der Waals surface area contributed by atoms with Crippen LogP contribution < -0.4 is 4.74 Å². The first-order chi connectivity index (χ1) is 15.5. The molecule has 1 aromatic heterocycles. The Hall–Kier alpha value is -3.68. The number of carbonyl (C=O) groups excluding carboxylic acids is 2. The van der Waals surface area contributed by atoms with Gasteiger partial charge in [-0.3, -0.25) is 9.59 Å². The summed E-state index contributed by atoms with van der Waals surface area (Å²) in [5, 5.41) is 3.82. The third-order valence-corrected chi connectivity index (χ3v) is 5.57. The fourth-order valence-electron chi connectivity index (χ4n) is 3.90. The van der Waals surface area contributed by atoms with E-state index in [2.05, 4.69) is 10.1 Å². The van der Waals surface area contributed by atoms with E-state index in [1.54, 1.807) is 23.8 Å². The molecule has 4 rings (SSSR count). The van der Waals surface area contributed by atoms with Gasteiger partial charge in [-0.1, -0.05) is 47.6 Å². The molecular weight excluding hydrogens is 408 g/mol. The number of aromatic nitrogens is 2. The first-order valence-electron chi connectivity index (χ1n) is 10.6. The van der Waals surface area contributed by atoms with Crippen LogP contribution in [0.2, 0.25) is 0 Å². The van der Waals surface area contributed by atoms with Gasteiger partial charge < -0.3 is 19.1 Å². The minimum atomic E-state index is -0.682. The summed E-state index contributed by atoms with van der Waals surface area (Å²) in [6, 6.07) is 16.5. The van der Waals surface area contributed by atoms with Crippen molar-refractivity contribution in [1.29, 1.82) is 0 Å². The van der Waals surface area contributed by atoms with Crippen LogP contribution in [0.3, 0.4) is 0 Å². The van der Waals surface area contributed by atoms with E-state index < -0.39 is 6.04 Å². The Labute approximate surface area is 186 Å². The van der Waals surface area contributed by atoms with Gasteiger partial charge in [-0.25, -0.2) is 0 Å². The van der Waals surface area contributed by atoms with Gasteiger partial charge in [0.05, 0.1) is 20.0 Å². The SMILES string of the molecule is COc1ccc(CC(=O)N2CCN(Cc3ccccc3)C(=O)C2Cc2nc(C)no2)cc1. The topological polar surface area (TPSA) is 88.8 Å². The summed E-state index contributed by atoms with van der Waals surface area (Å²) in [5.41, 5.74) is 1.91. The molecule has 0 aliphatic carbocycles. The molecule has 8 nitrogen and oxygen atoms in total. The largest absolute Gasteiger partial charge is 0.497 e. The van der Waals surface area contributed by atoms with Crippen molar-refractivity contribution in [3.63, 3.8) is 0 Å². The second-order valence-corrected chi connectivity index (χ2v) is 7.81. The molecular formula is C24H26N4O4. The highest BCUT2D eigenvalue weighted by Gasteiger charge is 2.38.